The lowest BCUT2D eigenvalue weighted by molar-refractivity contribution is 0.260. The van der Waals surface area contributed by atoms with Crippen LogP contribution in [0.25, 0.3) is 0 Å². The number of nitrogens with one attached hydrogen (secondary N) is 2. The summed E-state index contributed by atoms with van der Waals surface area (Å²) in [7, 11) is 0. The largest absolute Gasteiger partial charge is 0.463 e. The highest BCUT2D eigenvalue weighted by atomic mass is 16.5. The Morgan fingerprint density at radius 1 is 1.10 bits per heavy atom. The Morgan fingerprint density at radius 3 is 2.43 bits per heavy atom. The molecule has 21 heavy (non-hydrogen) atoms. The molecular formula is C14H27N5O2. The summed E-state index contributed by atoms with van der Waals surface area (Å²) in [5, 5.41) is 15.4. The molecule has 0 radical (unpaired) electrons. The number of anilines is 2. The monoisotopic (exact) mass is 297 g/mol. The van der Waals surface area contributed by atoms with Crippen LogP contribution in [-0.2, 0) is 0 Å². The number of nitrogens with zero attached hydrogens (tertiary/aromatic N) is 3. The molecule has 0 amide bonds. The molecule has 7 nitrogen and oxygen atoms in total. The van der Waals surface area contributed by atoms with Gasteiger partial charge in [0.05, 0.1) is 6.61 Å². The van der Waals surface area contributed by atoms with Crippen molar-refractivity contribution in [2.24, 2.45) is 0 Å². The van der Waals surface area contributed by atoms with E-state index in [1.54, 1.807) is 0 Å². The predicted molar refractivity (Wildman–Crippen MR) is 83.8 cm³/mol. The third-order valence-corrected chi connectivity index (χ3v) is 2.77. The fourth-order valence-corrected chi connectivity index (χ4v) is 1.63. The van der Waals surface area contributed by atoms with Gasteiger partial charge in [-0.25, -0.2) is 0 Å². The average Bonchev–Trinajstić information content (AvgIpc) is 2.42. The minimum Gasteiger partial charge on any atom is -0.463 e. The van der Waals surface area contributed by atoms with E-state index in [0.717, 1.165) is 19.4 Å². The first kappa shape index (κ1) is 17.4. The Balaban J connectivity index is 2.89. The molecular weight excluding hydrogens is 270 g/mol. The van der Waals surface area contributed by atoms with Crippen LogP contribution in [0.5, 0.6) is 6.01 Å². The minimum atomic E-state index is -0.305. The van der Waals surface area contributed by atoms with Gasteiger partial charge in [0.15, 0.2) is 0 Å². The van der Waals surface area contributed by atoms with E-state index in [9.17, 15) is 0 Å². The SMILES string of the molecule is CCCNc1nc(NC(C)(C)CCO)nc(OCCC)n1. The number of ether oxygens (including phenoxy) is 1. The Labute approximate surface area is 126 Å². The van der Waals surface area contributed by atoms with Gasteiger partial charge in [-0.15, -0.1) is 0 Å². The molecule has 0 unspecified atom stereocenters. The van der Waals surface area contributed by atoms with Gasteiger partial charge in [0.25, 0.3) is 0 Å². The molecule has 0 atom stereocenters. The molecule has 1 aromatic heterocycles. The maximum Gasteiger partial charge on any atom is 0.323 e. The Hall–Kier alpha value is -1.63. The highest BCUT2D eigenvalue weighted by Gasteiger charge is 2.19. The molecule has 1 rings (SSSR count). The van der Waals surface area contributed by atoms with Crippen molar-refractivity contribution in [3.8, 4) is 6.01 Å². The molecule has 1 heterocycles. The van der Waals surface area contributed by atoms with Crippen LogP contribution in [0.1, 0.15) is 47.0 Å². The van der Waals surface area contributed by atoms with Crippen LogP contribution in [0.3, 0.4) is 0 Å². The summed E-state index contributed by atoms with van der Waals surface area (Å²) in [4.78, 5) is 12.8. The number of rotatable bonds is 10. The van der Waals surface area contributed by atoms with Gasteiger partial charge in [0.2, 0.25) is 11.9 Å². The van der Waals surface area contributed by atoms with Gasteiger partial charge in [-0.2, -0.15) is 15.0 Å². The zero-order chi connectivity index (χ0) is 15.7. The molecule has 0 saturated carbocycles. The molecule has 0 aromatic carbocycles. The van der Waals surface area contributed by atoms with Gasteiger partial charge in [0.1, 0.15) is 0 Å². The second-order valence-corrected chi connectivity index (χ2v) is 5.52. The van der Waals surface area contributed by atoms with Crippen molar-refractivity contribution in [1.29, 1.82) is 0 Å². The summed E-state index contributed by atoms with van der Waals surface area (Å²) in [6.45, 7) is 9.53. The Bertz CT molecular complexity index is 400. The lowest BCUT2D eigenvalue weighted by Crippen LogP contribution is -2.33. The third-order valence-electron chi connectivity index (χ3n) is 2.77. The van der Waals surface area contributed by atoms with E-state index in [2.05, 4.69) is 32.5 Å². The van der Waals surface area contributed by atoms with Crippen molar-refractivity contribution in [3.05, 3.63) is 0 Å². The molecule has 0 aliphatic heterocycles. The maximum atomic E-state index is 9.09. The Kier molecular flexibility index (Phi) is 7.14. The quantitative estimate of drug-likeness (QED) is 0.608. The molecule has 1 aromatic rings. The van der Waals surface area contributed by atoms with Crippen LogP contribution in [0.4, 0.5) is 11.9 Å². The van der Waals surface area contributed by atoms with E-state index in [1.807, 2.05) is 20.8 Å². The normalized spacial score (nSPS) is 11.3. The van der Waals surface area contributed by atoms with Crippen molar-refractivity contribution < 1.29 is 9.84 Å². The second kappa shape index (κ2) is 8.61. The van der Waals surface area contributed by atoms with Crippen LogP contribution >= 0.6 is 0 Å². The van der Waals surface area contributed by atoms with Crippen LogP contribution in [0.15, 0.2) is 0 Å². The maximum absolute atomic E-state index is 9.09. The van der Waals surface area contributed by atoms with Crippen LogP contribution in [-0.4, -0.2) is 45.4 Å². The number of hydrogen-bond acceptors (Lipinski definition) is 7. The first-order valence-electron chi connectivity index (χ1n) is 7.52. The van der Waals surface area contributed by atoms with Gasteiger partial charge in [-0.3, -0.25) is 0 Å². The molecule has 3 N–H and O–H groups in total. The summed E-state index contributed by atoms with van der Waals surface area (Å²) < 4.78 is 5.50. The number of aliphatic hydroxyl groups is 1. The zero-order valence-electron chi connectivity index (χ0n) is 13.4. The molecule has 0 aliphatic rings. The van der Waals surface area contributed by atoms with Crippen molar-refractivity contribution in [2.45, 2.75) is 52.5 Å². The predicted octanol–water partition coefficient (Wildman–Crippen LogP) is 2.06. The lowest BCUT2D eigenvalue weighted by atomic mass is 10.0. The van der Waals surface area contributed by atoms with E-state index in [-0.39, 0.29) is 12.1 Å². The molecule has 0 bridgehead atoms. The highest BCUT2D eigenvalue weighted by Crippen LogP contribution is 2.18. The van der Waals surface area contributed by atoms with E-state index < -0.39 is 0 Å². The highest BCUT2D eigenvalue weighted by molar-refractivity contribution is 5.37. The summed E-state index contributed by atoms with van der Waals surface area (Å²) >= 11 is 0. The standard InChI is InChI=1S/C14H27N5O2/c1-5-8-15-11-16-12(19-14(3,4)7-9-20)18-13(17-11)21-10-6-2/h20H,5-10H2,1-4H3,(H2,15,16,17,18,19). The van der Waals surface area contributed by atoms with Crippen molar-refractivity contribution >= 4 is 11.9 Å². The fourth-order valence-electron chi connectivity index (χ4n) is 1.63. The lowest BCUT2D eigenvalue weighted by Gasteiger charge is -2.25. The summed E-state index contributed by atoms with van der Waals surface area (Å²) in [6.07, 6.45) is 2.47. The van der Waals surface area contributed by atoms with Gasteiger partial charge in [-0.1, -0.05) is 13.8 Å². The van der Waals surface area contributed by atoms with E-state index in [0.29, 0.717) is 30.9 Å². The average molecular weight is 297 g/mol. The topological polar surface area (TPSA) is 92.2 Å². The van der Waals surface area contributed by atoms with E-state index in [4.69, 9.17) is 9.84 Å². The van der Waals surface area contributed by atoms with E-state index >= 15 is 0 Å². The summed E-state index contributed by atoms with van der Waals surface area (Å²) in [5.74, 6) is 0.952. The third kappa shape index (κ3) is 6.57. The van der Waals surface area contributed by atoms with Crippen molar-refractivity contribution in [2.75, 3.05) is 30.4 Å². The molecule has 120 valence electrons. The van der Waals surface area contributed by atoms with Crippen molar-refractivity contribution in [3.63, 3.8) is 0 Å². The van der Waals surface area contributed by atoms with Gasteiger partial charge in [0, 0.05) is 18.7 Å². The van der Waals surface area contributed by atoms with Crippen LogP contribution in [0, 0.1) is 0 Å². The number of aromatic nitrogens is 3. The molecule has 7 heteroatoms. The van der Waals surface area contributed by atoms with Crippen LogP contribution in [0.2, 0.25) is 0 Å². The van der Waals surface area contributed by atoms with Crippen LogP contribution < -0.4 is 15.4 Å². The molecule has 0 spiro atoms. The van der Waals surface area contributed by atoms with Crippen molar-refractivity contribution in [1.82, 2.24) is 15.0 Å². The van der Waals surface area contributed by atoms with Gasteiger partial charge in [-0.05, 0) is 33.1 Å². The zero-order valence-corrected chi connectivity index (χ0v) is 13.4. The summed E-state index contributed by atoms with van der Waals surface area (Å²) in [6, 6.07) is 0.313. The molecule has 0 saturated heterocycles. The van der Waals surface area contributed by atoms with Gasteiger partial charge >= 0.3 is 6.01 Å². The fraction of sp³-hybridized carbons (Fsp3) is 0.786. The minimum absolute atomic E-state index is 0.102. The first-order valence-corrected chi connectivity index (χ1v) is 7.52. The smallest absolute Gasteiger partial charge is 0.323 e. The molecule has 0 fully saturated rings. The number of aliphatic hydroxyl groups excluding tert-OH is 1. The molecule has 0 aliphatic carbocycles. The summed E-state index contributed by atoms with van der Waals surface area (Å²) in [5.41, 5.74) is -0.305. The first-order chi connectivity index (χ1) is 10.0. The Morgan fingerprint density at radius 2 is 1.81 bits per heavy atom. The van der Waals surface area contributed by atoms with Gasteiger partial charge < -0.3 is 20.5 Å². The van der Waals surface area contributed by atoms with E-state index in [1.165, 1.54) is 0 Å². The number of hydrogen-bond donors (Lipinski definition) is 3. The second-order valence-electron chi connectivity index (χ2n) is 5.52.